The fraction of sp³-hybridized carbons (Fsp3) is 0.562. The molecular weight excluding hydrogens is 252 g/mol. The summed E-state index contributed by atoms with van der Waals surface area (Å²) in [5.74, 6) is 0.0236. The maximum atomic E-state index is 12.1. The topological polar surface area (TPSA) is 50.4 Å². The van der Waals surface area contributed by atoms with E-state index in [2.05, 4.69) is 10.6 Å². The number of ether oxygens (including phenoxy) is 1. The molecular formula is C16H22N2O2. The molecule has 2 aliphatic rings. The molecule has 20 heavy (non-hydrogen) atoms. The zero-order valence-electron chi connectivity index (χ0n) is 11.8. The summed E-state index contributed by atoms with van der Waals surface area (Å²) in [6.45, 7) is 3.15. The van der Waals surface area contributed by atoms with Gasteiger partial charge in [0.2, 0.25) is 0 Å². The van der Waals surface area contributed by atoms with E-state index < -0.39 is 0 Å². The van der Waals surface area contributed by atoms with Gasteiger partial charge in [0.15, 0.2) is 0 Å². The summed E-state index contributed by atoms with van der Waals surface area (Å²) in [5, 5.41) is 6.52. The van der Waals surface area contributed by atoms with Crippen molar-refractivity contribution >= 4 is 5.91 Å². The summed E-state index contributed by atoms with van der Waals surface area (Å²) in [7, 11) is 0. The van der Waals surface area contributed by atoms with Gasteiger partial charge in [-0.15, -0.1) is 0 Å². The number of piperidine rings is 1. The van der Waals surface area contributed by atoms with Gasteiger partial charge >= 0.3 is 0 Å². The fourth-order valence-electron chi connectivity index (χ4n) is 2.95. The van der Waals surface area contributed by atoms with Crippen LogP contribution in [-0.4, -0.2) is 25.0 Å². The number of rotatable bonds is 4. The summed E-state index contributed by atoms with van der Waals surface area (Å²) in [5.41, 5.74) is 3.09. The third kappa shape index (κ3) is 3.19. The molecule has 0 saturated carbocycles. The molecule has 1 aromatic rings. The van der Waals surface area contributed by atoms with Crippen molar-refractivity contribution in [3.8, 4) is 0 Å². The number of hydrogen-bond acceptors (Lipinski definition) is 3. The Kier molecular flexibility index (Phi) is 4.33. The average Bonchev–Trinajstić information content (AvgIpc) is 2.95. The molecule has 0 spiro atoms. The maximum Gasteiger partial charge on any atom is 0.251 e. The Morgan fingerprint density at radius 3 is 3.05 bits per heavy atom. The second-order valence-corrected chi connectivity index (χ2v) is 5.67. The van der Waals surface area contributed by atoms with Gasteiger partial charge in [-0.05, 0) is 49.1 Å². The van der Waals surface area contributed by atoms with E-state index in [1.165, 1.54) is 24.8 Å². The van der Waals surface area contributed by atoms with E-state index in [9.17, 15) is 4.79 Å². The van der Waals surface area contributed by atoms with Crippen molar-refractivity contribution in [1.29, 1.82) is 0 Å². The van der Waals surface area contributed by atoms with Crippen LogP contribution in [0.2, 0.25) is 0 Å². The standard InChI is InChI=1S/C16H22N2O2/c19-16(18-8-6-15-3-1-2-7-17-15)12-4-5-13-10-20-11-14(13)9-12/h4-5,9,15,17H,1-3,6-8,10-11H2,(H,18,19). The Hall–Kier alpha value is -1.39. The molecule has 3 rings (SSSR count). The molecule has 0 aliphatic carbocycles. The molecule has 0 radical (unpaired) electrons. The summed E-state index contributed by atoms with van der Waals surface area (Å²) >= 11 is 0. The molecule has 1 aromatic carbocycles. The molecule has 2 heterocycles. The van der Waals surface area contributed by atoms with Crippen LogP contribution in [0, 0.1) is 0 Å². The molecule has 108 valence electrons. The average molecular weight is 274 g/mol. The van der Waals surface area contributed by atoms with Gasteiger partial charge in [0.05, 0.1) is 13.2 Å². The van der Waals surface area contributed by atoms with Crippen LogP contribution < -0.4 is 10.6 Å². The molecule has 1 unspecified atom stereocenters. The van der Waals surface area contributed by atoms with Crippen LogP contribution in [0.1, 0.15) is 47.2 Å². The van der Waals surface area contributed by atoms with Crippen LogP contribution in [0.4, 0.5) is 0 Å². The summed E-state index contributed by atoms with van der Waals surface area (Å²) in [4.78, 5) is 12.1. The normalized spacial score (nSPS) is 21.5. The van der Waals surface area contributed by atoms with Crippen molar-refractivity contribution in [2.24, 2.45) is 0 Å². The van der Waals surface area contributed by atoms with E-state index in [4.69, 9.17) is 4.74 Å². The van der Waals surface area contributed by atoms with Gasteiger partial charge < -0.3 is 15.4 Å². The van der Waals surface area contributed by atoms with Gasteiger partial charge in [0, 0.05) is 18.2 Å². The lowest BCUT2D eigenvalue weighted by atomic mass is 10.0. The molecule has 1 saturated heterocycles. The van der Waals surface area contributed by atoms with Crippen molar-refractivity contribution < 1.29 is 9.53 Å². The molecule has 2 N–H and O–H groups in total. The third-order valence-electron chi connectivity index (χ3n) is 4.17. The first kappa shape index (κ1) is 13.6. The van der Waals surface area contributed by atoms with Crippen molar-refractivity contribution in [2.45, 2.75) is 44.9 Å². The van der Waals surface area contributed by atoms with Crippen LogP contribution >= 0.6 is 0 Å². The zero-order valence-corrected chi connectivity index (χ0v) is 11.8. The maximum absolute atomic E-state index is 12.1. The lowest BCUT2D eigenvalue weighted by Gasteiger charge is -2.23. The Morgan fingerprint density at radius 1 is 1.30 bits per heavy atom. The van der Waals surface area contributed by atoms with Crippen LogP contribution in [-0.2, 0) is 18.0 Å². The Labute approximate surface area is 119 Å². The van der Waals surface area contributed by atoms with Gasteiger partial charge in [-0.25, -0.2) is 0 Å². The lowest BCUT2D eigenvalue weighted by molar-refractivity contribution is 0.0951. The number of amides is 1. The van der Waals surface area contributed by atoms with E-state index in [-0.39, 0.29) is 5.91 Å². The van der Waals surface area contributed by atoms with Crippen LogP contribution in [0.5, 0.6) is 0 Å². The minimum absolute atomic E-state index is 0.0236. The van der Waals surface area contributed by atoms with Gasteiger partial charge in [0.25, 0.3) is 5.91 Å². The third-order valence-corrected chi connectivity index (χ3v) is 4.17. The highest BCUT2D eigenvalue weighted by molar-refractivity contribution is 5.94. The second kappa shape index (κ2) is 6.37. The van der Waals surface area contributed by atoms with E-state index in [1.54, 1.807) is 0 Å². The minimum Gasteiger partial charge on any atom is -0.372 e. The van der Waals surface area contributed by atoms with Crippen LogP contribution in [0.3, 0.4) is 0 Å². The molecule has 4 heteroatoms. The van der Waals surface area contributed by atoms with Gasteiger partial charge in [-0.2, -0.15) is 0 Å². The molecule has 2 aliphatic heterocycles. The molecule has 0 aromatic heterocycles. The largest absolute Gasteiger partial charge is 0.372 e. The van der Waals surface area contributed by atoms with E-state index in [0.717, 1.165) is 30.6 Å². The highest BCUT2D eigenvalue weighted by Gasteiger charge is 2.15. The number of carbonyl (C=O) groups is 1. The van der Waals surface area contributed by atoms with Gasteiger partial charge in [-0.3, -0.25) is 4.79 Å². The highest BCUT2D eigenvalue weighted by atomic mass is 16.5. The Bertz CT molecular complexity index is 481. The van der Waals surface area contributed by atoms with Crippen molar-refractivity contribution in [1.82, 2.24) is 10.6 Å². The van der Waals surface area contributed by atoms with Crippen molar-refractivity contribution in [3.63, 3.8) is 0 Å². The van der Waals surface area contributed by atoms with E-state index in [1.807, 2.05) is 18.2 Å². The van der Waals surface area contributed by atoms with Gasteiger partial charge in [-0.1, -0.05) is 12.5 Å². The monoisotopic (exact) mass is 274 g/mol. The number of fused-ring (bicyclic) bond motifs is 1. The predicted octanol–water partition coefficient (Wildman–Crippen LogP) is 1.98. The van der Waals surface area contributed by atoms with Crippen molar-refractivity contribution in [3.05, 3.63) is 34.9 Å². The first-order valence-corrected chi connectivity index (χ1v) is 7.54. The SMILES string of the molecule is O=C(NCCC1CCCCN1)c1ccc2c(c1)COC2. The summed E-state index contributed by atoms with van der Waals surface area (Å²) in [6, 6.07) is 6.41. The highest BCUT2D eigenvalue weighted by Crippen LogP contribution is 2.20. The second-order valence-electron chi connectivity index (χ2n) is 5.67. The van der Waals surface area contributed by atoms with Crippen LogP contribution in [0.15, 0.2) is 18.2 Å². The number of nitrogens with one attached hydrogen (secondary N) is 2. The van der Waals surface area contributed by atoms with Gasteiger partial charge in [0.1, 0.15) is 0 Å². The number of benzene rings is 1. The molecule has 1 atom stereocenters. The molecule has 1 fully saturated rings. The number of hydrogen-bond donors (Lipinski definition) is 2. The van der Waals surface area contributed by atoms with Crippen molar-refractivity contribution in [2.75, 3.05) is 13.1 Å². The smallest absolute Gasteiger partial charge is 0.251 e. The number of carbonyl (C=O) groups excluding carboxylic acids is 1. The first-order valence-electron chi connectivity index (χ1n) is 7.54. The van der Waals surface area contributed by atoms with Crippen LogP contribution in [0.25, 0.3) is 0 Å². The minimum atomic E-state index is 0.0236. The summed E-state index contributed by atoms with van der Waals surface area (Å²) in [6.07, 6.45) is 4.82. The van der Waals surface area contributed by atoms with E-state index in [0.29, 0.717) is 19.3 Å². The molecule has 0 bridgehead atoms. The summed E-state index contributed by atoms with van der Waals surface area (Å²) < 4.78 is 5.37. The fourth-order valence-corrected chi connectivity index (χ4v) is 2.95. The molecule has 4 nitrogen and oxygen atoms in total. The molecule has 1 amide bonds. The predicted molar refractivity (Wildman–Crippen MR) is 77.5 cm³/mol. The van der Waals surface area contributed by atoms with E-state index >= 15 is 0 Å². The lowest BCUT2D eigenvalue weighted by Crippen LogP contribution is -2.37. The Balaban J connectivity index is 1.49. The zero-order chi connectivity index (χ0) is 13.8. The quantitative estimate of drug-likeness (QED) is 0.882. The Morgan fingerprint density at radius 2 is 2.20 bits per heavy atom. The first-order chi connectivity index (χ1) is 9.83.